The Balaban J connectivity index is 1.47. The van der Waals surface area contributed by atoms with Crippen LogP contribution in [0.4, 0.5) is 10.1 Å². The Morgan fingerprint density at radius 3 is 2.55 bits per heavy atom. The molecule has 0 spiro atoms. The maximum absolute atomic E-state index is 15.0. The van der Waals surface area contributed by atoms with Gasteiger partial charge in [0.1, 0.15) is 5.82 Å². The van der Waals surface area contributed by atoms with Crippen LogP contribution in [0.15, 0.2) is 16.9 Å². The Morgan fingerprint density at radius 1 is 1.10 bits per heavy atom. The first-order valence-electron chi connectivity index (χ1n) is 10.8. The number of aromatic nitrogens is 2. The van der Waals surface area contributed by atoms with Crippen molar-refractivity contribution in [2.75, 3.05) is 57.3 Å². The first-order valence-corrected chi connectivity index (χ1v) is 10.8. The lowest BCUT2D eigenvalue weighted by Crippen LogP contribution is -2.54. The van der Waals surface area contributed by atoms with E-state index in [-0.39, 0.29) is 18.7 Å². The highest BCUT2D eigenvalue weighted by molar-refractivity contribution is 6.07. The summed E-state index contributed by atoms with van der Waals surface area (Å²) in [4.78, 5) is 42.3. The number of hydrogen-bond acceptors (Lipinski definition) is 6. The van der Waals surface area contributed by atoms with Crippen molar-refractivity contribution in [2.45, 2.75) is 12.5 Å². The van der Waals surface area contributed by atoms with Crippen molar-refractivity contribution in [2.24, 2.45) is 13.0 Å². The molecule has 0 bridgehead atoms. The van der Waals surface area contributed by atoms with Gasteiger partial charge in [-0.05, 0) is 12.1 Å². The van der Waals surface area contributed by atoms with Crippen molar-refractivity contribution in [3.63, 3.8) is 0 Å². The molecule has 3 aliphatic heterocycles. The summed E-state index contributed by atoms with van der Waals surface area (Å²) in [5, 5.41) is 6.00. The van der Waals surface area contributed by atoms with Gasteiger partial charge in [0.2, 0.25) is 0 Å². The predicted octanol–water partition coefficient (Wildman–Crippen LogP) is -0.549. The minimum absolute atomic E-state index is 0.174. The molecule has 1 unspecified atom stereocenters. The molecule has 0 aliphatic carbocycles. The fourth-order valence-electron chi connectivity index (χ4n) is 5.06. The Bertz CT molecular complexity index is 1080. The number of halogens is 1. The third-order valence-corrected chi connectivity index (χ3v) is 6.65. The fourth-order valence-corrected chi connectivity index (χ4v) is 5.06. The molecule has 0 radical (unpaired) electrons. The first-order chi connectivity index (χ1) is 15.0. The maximum Gasteiger partial charge on any atom is 0.330 e. The summed E-state index contributed by atoms with van der Waals surface area (Å²) in [6.07, 6.45) is 0.174. The van der Waals surface area contributed by atoms with E-state index < -0.39 is 23.5 Å². The molecule has 1 amide bonds. The third kappa shape index (κ3) is 3.34. The van der Waals surface area contributed by atoms with E-state index in [1.54, 1.807) is 7.05 Å². The summed E-state index contributed by atoms with van der Waals surface area (Å²) in [7, 11) is 1.56. The van der Waals surface area contributed by atoms with Crippen molar-refractivity contribution in [1.82, 2.24) is 24.7 Å². The van der Waals surface area contributed by atoms with E-state index in [0.717, 1.165) is 32.7 Å². The van der Waals surface area contributed by atoms with Crippen LogP contribution in [-0.2, 0) is 16.6 Å². The molecule has 2 N–H and O–H groups in total. The van der Waals surface area contributed by atoms with Gasteiger partial charge < -0.3 is 20.4 Å². The van der Waals surface area contributed by atoms with Crippen molar-refractivity contribution in [1.29, 1.82) is 0 Å². The normalized spacial score (nSPS) is 23.3. The predicted molar refractivity (Wildman–Crippen MR) is 114 cm³/mol. The highest BCUT2D eigenvalue weighted by Gasteiger charge is 2.37. The summed E-state index contributed by atoms with van der Waals surface area (Å²) in [5.74, 6) is -0.751. The van der Waals surface area contributed by atoms with Crippen LogP contribution in [0, 0.1) is 11.7 Å². The molecule has 1 aromatic carbocycles. The second-order valence-electron chi connectivity index (χ2n) is 8.71. The number of aryl methyl sites for hydroxylation is 1. The largest absolute Gasteiger partial charge is 0.367 e. The number of piperazine rings is 1. The Hall–Kier alpha value is -2.72. The van der Waals surface area contributed by atoms with Crippen LogP contribution in [0.1, 0.15) is 12.5 Å². The van der Waals surface area contributed by atoms with Crippen molar-refractivity contribution in [3.8, 4) is 0 Å². The number of carbonyl (C=O) groups excluding carboxylic acids is 2. The van der Waals surface area contributed by atoms with Gasteiger partial charge in [-0.25, -0.2) is 9.18 Å². The second-order valence-corrected chi connectivity index (χ2v) is 8.71. The zero-order valence-electron chi connectivity index (χ0n) is 17.6. The van der Waals surface area contributed by atoms with Crippen LogP contribution < -0.4 is 21.2 Å². The van der Waals surface area contributed by atoms with Crippen LogP contribution in [0.5, 0.6) is 0 Å². The van der Waals surface area contributed by atoms with E-state index >= 15 is 0 Å². The molecular formula is C21H27FN6O3. The molecule has 5 rings (SSSR count). The number of benzene rings is 1. The number of carbonyl (C=O) groups is 2. The van der Waals surface area contributed by atoms with Gasteiger partial charge in [-0.15, -0.1) is 0 Å². The van der Waals surface area contributed by atoms with Crippen LogP contribution in [-0.4, -0.2) is 78.1 Å². The zero-order chi connectivity index (χ0) is 21.7. The van der Waals surface area contributed by atoms with Crippen LogP contribution >= 0.6 is 0 Å². The van der Waals surface area contributed by atoms with Gasteiger partial charge >= 0.3 is 5.69 Å². The molecule has 4 heterocycles. The molecule has 166 valence electrons. The van der Waals surface area contributed by atoms with Crippen molar-refractivity contribution >= 4 is 28.4 Å². The molecule has 2 aromatic rings. The second kappa shape index (κ2) is 7.76. The van der Waals surface area contributed by atoms with E-state index in [4.69, 9.17) is 0 Å². The number of fused-ring (bicyclic) bond motifs is 1. The van der Waals surface area contributed by atoms with Gasteiger partial charge in [-0.3, -0.25) is 18.7 Å². The quantitative estimate of drug-likeness (QED) is 0.633. The first kappa shape index (κ1) is 20.2. The number of ketones is 1. The average Bonchev–Trinajstić information content (AvgIpc) is 2.97. The minimum Gasteiger partial charge on any atom is -0.367 e. The van der Waals surface area contributed by atoms with E-state index in [1.165, 1.54) is 21.3 Å². The highest BCUT2D eigenvalue weighted by Crippen LogP contribution is 2.35. The Kier molecular flexibility index (Phi) is 5.05. The van der Waals surface area contributed by atoms with E-state index in [0.29, 0.717) is 35.7 Å². The Labute approximate surface area is 178 Å². The number of amides is 1. The van der Waals surface area contributed by atoms with Crippen molar-refractivity contribution in [3.05, 3.63) is 28.4 Å². The number of piperidine rings is 1. The van der Waals surface area contributed by atoms with E-state index in [9.17, 15) is 18.8 Å². The summed E-state index contributed by atoms with van der Waals surface area (Å²) >= 11 is 0. The molecular weight excluding hydrogens is 403 g/mol. The molecule has 3 saturated heterocycles. The van der Waals surface area contributed by atoms with E-state index in [1.807, 2.05) is 4.90 Å². The molecule has 3 aliphatic rings. The monoisotopic (exact) mass is 430 g/mol. The van der Waals surface area contributed by atoms with Crippen molar-refractivity contribution < 1.29 is 14.0 Å². The number of hydrogen-bond donors (Lipinski definition) is 2. The lowest BCUT2D eigenvalue weighted by atomic mass is 9.97. The minimum atomic E-state index is -1.21. The molecule has 1 aromatic heterocycles. The van der Waals surface area contributed by atoms with Crippen LogP contribution in [0.25, 0.3) is 11.0 Å². The number of nitrogens with one attached hydrogen (secondary N) is 2. The molecule has 1 atom stereocenters. The summed E-state index contributed by atoms with van der Waals surface area (Å²) in [6, 6.07) is 1.60. The number of nitrogens with zero attached hydrogens (tertiary/aromatic N) is 4. The SMILES string of the molecule is Cn1c(=O)n(C2C(=O)CCNC2=O)c2ccc(F)c(N3CC(CN4CCNCC4)C3)c21. The summed E-state index contributed by atoms with van der Waals surface area (Å²) in [6.45, 7) is 6.71. The lowest BCUT2D eigenvalue weighted by molar-refractivity contribution is -0.135. The lowest BCUT2D eigenvalue weighted by Gasteiger charge is -2.44. The van der Waals surface area contributed by atoms with Crippen LogP contribution in [0.2, 0.25) is 0 Å². The average molecular weight is 430 g/mol. The van der Waals surface area contributed by atoms with Gasteiger partial charge in [-0.1, -0.05) is 0 Å². The summed E-state index contributed by atoms with van der Waals surface area (Å²) in [5.41, 5.74) is 0.716. The molecule has 3 fully saturated rings. The van der Waals surface area contributed by atoms with E-state index in [2.05, 4.69) is 15.5 Å². The van der Waals surface area contributed by atoms with Gasteiger partial charge in [0.05, 0.1) is 16.7 Å². The number of imidazole rings is 1. The van der Waals surface area contributed by atoms with Gasteiger partial charge in [0.25, 0.3) is 5.91 Å². The highest BCUT2D eigenvalue weighted by atomic mass is 19.1. The maximum atomic E-state index is 15.0. The number of anilines is 1. The zero-order valence-corrected chi connectivity index (χ0v) is 17.6. The smallest absolute Gasteiger partial charge is 0.330 e. The van der Waals surface area contributed by atoms with Gasteiger partial charge in [0, 0.05) is 71.7 Å². The third-order valence-electron chi connectivity index (χ3n) is 6.65. The molecule has 31 heavy (non-hydrogen) atoms. The number of Topliss-reactive ketones (excluding diaryl/α,β-unsaturated/α-hetero) is 1. The number of rotatable bonds is 4. The van der Waals surface area contributed by atoms with Gasteiger partial charge in [-0.2, -0.15) is 0 Å². The van der Waals surface area contributed by atoms with Crippen LogP contribution in [0.3, 0.4) is 0 Å². The fraction of sp³-hybridized carbons (Fsp3) is 0.571. The topological polar surface area (TPSA) is 91.6 Å². The molecule has 10 heteroatoms. The standard InChI is InChI=1S/C21H27FN6O3/c1-25-18-15(28(21(25)31)19-16(29)4-5-24-20(19)30)3-2-14(22)17(18)27-11-13(12-27)10-26-8-6-23-7-9-26/h2-3,13,19,23H,4-12H2,1H3,(H,24,30). The Morgan fingerprint density at radius 2 is 1.84 bits per heavy atom. The molecule has 0 saturated carbocycles. The summed E-state index contributed by atoms with van der Waals surface area (Å²) < 4.78 is 17.5. The van der Waals surface area contributed by atoms with Gasteiger partial charge in [0.15, 0.2) is 11.8 Å². The molecule has 9 nitrogen and oxygen atoms in total.